The summed E-state index contributed by atoms with van der Waals surface area (Å²) in [4.78, 5) is 24.9. The van der Waals surface area contributed by atoms with Crippen LogP contribution in [-0.2, 0) is 25.6 Å². The van der Waals surface area contributed by atoms with Crippen LogP contribution in [0.4, 0.5) is 0 Å². The number of carbonyl (C=O) groups excluding carboxylic acids is 2. The zero-order chi connectivity index (χ0) is 36.7. The van der Waals surface area contributed by atoms with Crippen LogP contribution in [0.25, 0.3) is 0 Å². The van der Waals surface area contributed by atoms with Crippen molar-refractivity contribution in [2.45, 2.75) is 133 Å². The van der Waals surface area contributed by atoms with Crippen molar-refractivity contribution in [3.63, 3.8) is 0 Å². The minimum Gasteiger partial charge on any atom is -0.623 e. The molecule has 0 bridgehead atoms. The van der Waals surface area contributed by atoms with E-state index in [2.05, 4.69) is 17.6 Å². The van der Waals surface area contributed by atoms with Gasteiger partial charge in [0, 0.05) is 38.8 Å². The molecular formula is C33H55N3O13. The third kappa shape index (κ3) is 13.5. The predicted molar refractivity (Wildman–Crippen MR) is 176 cm³/mol. The summed E-state index contributed by atoms with van der Waals surface area (Å²) in [6.45, 7) is 3.73. The number of nitrogens with one attached hydrogen (secondary N) is 2. The molecule has 16 heteroatoms. The molecule has 49 heavy (non-hydrogen) atoms. The smallest absolute Gasteiger partial charge is 0.251 e. The minimum absolute atomic E-state index is 0.0149. The second-order valence-electron chi connectivity index (χ2n) is 13.0. The molecule has 2 amide bonds. The summed E-state index contributed by atoms with van der Waals surface area (Å²) in [7, 11) is 0. The SMILES string of the molecule is CCCCCCCC(=O)NCc1ccc(/C=[N+](\[O-])C(C)(C)CNC(=O)[C@H](O)[C@@H](O)[C@@H](CC(O)CO)O[C@@H]2O[C@H](CO)[C@H](O)[C@H](O)[C@H]2O)cc1. The molecule has 1 saturated heterocycles. The topological polar surface area (TPSA) is 265 Å². The number of rotatable bonds is 21. The van der Waals surface area contributed by atoms with Crippen LogP contribution in [-0.4, -0.2) is 144 Å². The van der Waals surface area contributed by atoms with Crippen molar-refractivity contribution < 1.29 is 64.7 Å². The van der Waals surface area contributed by atoms with E-state index < -0.39 is 86.2 Å². The first kappa shape index (κ1) is 42.4. The van der Waals surface area contributed by atoms with Gasteiger partial charge in [0.05, 0.1) is 32.0 Å². The van der Waals surface area contributed by atoms with E-state index in [4.69, 9.17) is 9.47 Å². The van der Waals surface area contributed by atoms with Crippen LogP contribution in [0.2, 0.25) is 0 Å². The first-order valence-corrected chi connectivity index (χ1v) is 16.7. The number of benzene rings is 1. The lowest BCUT2D eigenvalue weighted by molar-refractivity contribution is -0.533. The number of hydrogen-bond donors (Lipinski definition) is 10. The van der Waals surface area contributed by atoms with E-state index in [9.17, 15) is 55.6 Å². The Kier molecular flexibility index (Phi) is 18.0. The van der Waals surface area contributed by atoms with Crippen LogP contribution in [0.5, 0.6) is 0 Å². The van der Waals surface area contributed by atoms with Gasteiger partial charge in [0.15, 0.2) is 24.1 Å². The van der Waals surface area contributed by atoms with E-state index in [1.807, 2.05) is 0 Å². The lowest BCUT2D eigenvalue weighted by atomic mass is 9.98. The van der Waals surface area contributed by atoms with E-state index in [0.29, 0.717) is 23.3 Å². The highest BCUT2D eigenvalue weighted by molar-refractivity contribution is 5.81. The number of ether oxygens (including phenoxy) is 2. The summed E-state index contributed by atoms with van der Waals surface area (Å²) in [6.07, 6.45) is -9.38. The van der Waals surface area contributed by atoms with Gasteiger partial charge in [-0.2, -0.15) is 0 Å². The van der Waals surface area contributed by atoms with Gasteiger partial charge in [-0.25, -0.2) is 4.74 Å². The molecule has 1 aromatic rings. The molecule has 1 heterocycles. The fraction of sp³-hybridized carbons (Fsp3) is 0.727. The monoisotopic (exact) mass is 701 g/mol. The first-order valence-electron chi connectivity index (χ1n) is 16.7. The van der Waals surface area contributed by atoms with Crippen LogP contribution >= 0.6 is 0 Å². The molecule has 1 aromatic carbocycles. The summed E-state index contributed by atoms with van der Waals surface area (Å²) >= 11 is 0. The number of aliphatic hydroxyl groups excluding tert-OH is 8. The zero-order valence-corrected chi connectivity index (χ0v) is 28.4. The summed E-state index contributed by atoms with van der Waals surface area (Å²) in [5.41, 5.74) is 0.184. The predicted octanol–water partition coefficient (Wildman–Crippen LogP) is -1.86. The zero-order valence-electron chi connectivity index (χ0n) is 28.4. The van der Waals surface area contributed by atoms with Crippen molar-refractivity contribution in [1.82, 2.24) is 10.6 Å². The van der Waals surface area contributed by atoms with Crippen LogP contribution in [0, 0.1) is 5.21 Å². The van der Waals surface area contributed by atoms with Crippen molar-refractivity contribution in [3.05, 3.63) is 40.6 Å². The normalized spacial score (nSPS) is 24.1. The average Bonchev–Trinajstić information content (AvgIpc) is 3.09. The number of nitrogens with zero attached hydrogens (tertiary/aromatic N) is 1. The first-order chi connectivity index (χ1) is 23.1. The molecule has 0 radical (unpaired) electrons. The lowest BCUT2D eigenvalue weighted by Gasteiger charge is -2.41. The molecule has 9 atom stereocenters. The second kappa shape index (κ2) is 20.8. The average molecular weight is 702 g/mol. The minimum atomic E-state index is -2.19. The summed E-state index contributed by atoms with van der Waals surface area (Å²) in [6, 6.07) is 6.98. The Hall–Kier alpha value is -2.77. The number of unbranched alkanes of at least 4 members (excludes halogenated alkanes) is 4. The van der Waals surface area contributed by atoms with Crippen LogP contribution in [0.15, 0.2) is 24.3 Å². The number of carbonyl (C=O) groups is 2. The third-order valence-electron chi connectivity index (χ3n) is 8.38. The molecular weight excluding hydrogens is 646 g/mol. The molecule has 2 rings (SSSR count). The summed E-state index contributed by atoms with van der Waals surface area (Å²) in [5.74, 6) is -1.12. The maximum Gasteiger partial charge on any atom is 0.251 e. The van der Waals surface area contributed by atoms with Gasteiger partial charge in [0.1, 0.15) is 30.5 Å². The number of hydrogen-bond acceptors (Lipinski definition) is 13. The highest BCUT2D eigenvalue weighted by Crippen LogP contribution is 2.25. The largest absolute Gasteiger partial charge is 0.623 e. The van der Waals surface area contributed by atoms with E-state index in [1.54, 1.807) is 24.3 Å². The Morgan fingerprint density at radius 1 is 1.00 bits per heavy atom. The Morgan fingerprint density at radius 3 is 2.27 bits per heavy atom. The highest BCUT2D eigenvalue weighted by Gasteiger charge is 2.46. The lowest BCUT2D eigenvalue weighted by Crippen LogP contribution is -2.61. The van der Waals surface area contributed by atoms with Crippen LogP contribution < -0.4 is 10.6 Å². The van der Waals surface area contributed by atoms with Gasteiger partial charge in [-0.15, -0.1) is 0 Å². The standard InChI is InChI=1S/C33H55N3O13/c1-4-5-6-7-8-9-25(40)34-15-20-10-12-21(13-11-20)16-36(47)33(2,3)19-35-31(46)29(44)26(41)23(14-22(39)17-37)48-32-30(45)28(43)27(42)24(18-38)49-32/h10-13,16,22-24,26-30,32,37-39,41-45H,4-9,14-15,17-19H2,1-3H3,(H,34,40)(H,35,46)/b36-16-/t22?,23-,24-,26+,27+,28+,29-,30-,32-/m1/s1. The van der Waals surface area contributed by atoms with E-state index in [1.165, 1.54) is 26.5 Å². The van der Waals surface area contributed by atoms with E-state index in [0.717, 1.165) is 31.2 Å². The molecule has 1 fully saturated rings. The fourth-order valence-corrected chi connectivity index (χ4v) is 5.02. The third-order valence-corrected chi connectivity index (χ3v) is 8.38. The van der Waals surface area contributed by atoms with Crippen LogP contribution in [0.1, 0.15) is 76.8 Å². The molecule has 10 N–H and O–H groups in total. The number of hydroxylamine groups is 1. The summed E-state index contributed by atoms with van der Waals surface area (Å²) in [5, 5.41) is 98.7. The van der Waals surface area contributed by atoms with Gasteiger partial charge in [0.25, 0.3) is 5.91 Å². The molecule has 16 nitrogen and oxygen atoms in total. The number of aliphatic hydroxyl groups is 8. The molecule has 0 spiro atoms. The molecule has 0 aromatic heterocycles. The van der Waals surface area contributed by atoms with Gasteiger partial charge >= 0.3 is 0 Å². The van der Waals surface area contributed by atoms with Crippen LogP contribution in [0.3, 0.4) is 0 Å². The van der Waals surface area contributed by atoms with E-state index in [-0.39, 0.29) is 12.5 Å². The maximum atomic E-state index is 13.0. The molecule has 1 unspecified atom stereocenters. The van der Waals surface area contributed by atoms with Gasteiger partial charge in [-0.05, 0) is 24.1 Å². The quantitative estimate of drug-likeness (QED) is 0.0222. The molecule has 0 aliphatic carbocycles. The second-order valence-corrected chi connectivity index (χ2v) is 13.0. The van der Waals surface area contributed by atoms with Crippen molar-refractivity contribution in [2.75, 3.05) is 19.8 Å². The molecule has 0 saturated carbocycles. The van der Waals surface area contributed by atoms with Gasteiger partial charge in [-0.1, -0.05) is 44.7 Å². The Balaban J connectivity index is 1.97. The van der Waals surface area contributed by atoms with E-state index >= 15 is 0 Å². The van der Waals surface area contributed by atoms with Crippen molar-refractivity contribution >= 4 is 18.0 Å². The highest BCUT2D eigenvalue weighted by atomic mass is 16.7. The maximum absolute atomic E-state index is 13.0. The Bertz CT molecular complexity index is 1170. The summed E-state index contributed by atoms with van der Waals surface area (Å²) < 4.78 is 11.3. The van der Waals surface area contributed by atoms with Gasteiger partial charge in [0.2, 0.25) is 5.91 Å². The van der Waals surface area contributed by atoms with Crippen molar-refractivity contribution in [1.29, 1.82) is 0 Å². The van der Waals surface area contributed by atoms with Gasteiger partial charge < -0.3 is 66.2 Å². The molecule has 1 aliphatic rings. The fourth-order valence-electron chi connectivity index (χ4n) is 5.02. The Morgan fingerprint density at radius 2 is 1.65 bits per heavy atom. The van der Waals surface area contributed by atoms with Gasteiger partial charge in [-0.3, -0.25) is 9.59 Å². The molecule has 280 valence electrons. The Labute approximate surface area is 286 Å². The number of amides is 2. The van der Waals surface area contributed by atoms with Crippen molar-refractivity contribution in [2.24, 2.45) is 0 Å². The molecule has 1 aliphatic heterocycles. The van der Waals surface area contributed by atoms with Crippen molar-refractivity contribution in [3.8, 4) is 0 Å².